The van der Waals surface area contributed by atoms with Crippen LogP contribution in [0.25, 0.3) is 0 Å². The van der Waals surface area contributed by atoms with Gasteiger partial charge in [-0.3, -0.25) is 0 Å². The average Bonchev–Trinajstić information content (AvgIpc) is 2.43. The van der Waals surface area contributed by atoms with E-state index in [-0.39, 0.29) is 19.0 Å². The molecule has 0 aromatic heterocycles. The fourth-order valence-electron chi connectivity index (χ4n) is 1.67. The van der Waals surface area contributed by atoms with E-state index < -0.39 is 0 Å². The Kier molecular flexibility index (Phi) is 5.46. The van der Waals surface area contributed by atoms with Crippen LogP contribution in [0.1, 0.15) is 11.1 Å². The molecule has 5 heteroatoms. The molecule has 0 fully saturated rings. The SMILES string of the molecule is NCC#Cc1ccc(COc2cc(Cl)cc(Cl)c2)c(F)c1. The molecule has 0 aliphatic heterocycles. The molecular formula is C16H12Cl2FNO. The van der Waals surface area contributed by atoms with Gasteiger partial charge in [-0.2, -0.15) is 0 Å². The molecule has 0 aliphatic rings. The minimum atomic E-state index is -0.382. The third kappa shape index (κ3) is 4.64. The van der Waals surface area contributed by atoms with E-state index in [9.17, 15) is 4.39 Å². The summed E-state index contributed by atoms with van der Waals surface area (Å²) in [6.07, 6.45) is 0. The van der Waals surface area contributed by atoms with Gasteiger partial charge in [0.2, 0.25) is 0 Å². The highest BCUT2D eigenvalue weighted by Crippen LogP contribution is 2.25. The maximum Gasteiger partial charge on any atom is 0.131 e. The van der Waals surface area contributed by atoms with Gasteiger partial charge in [0.25, 0.3) is 0 Å². The van der Waals surface area contributed by atoms with Crippen molar-refractivity contribution in [1.82, 2.24) is 0 Å². The topological polar surface area (TPSA) is 35.2 Å². The summed E-state index contributed by atoms with van der Waals surface area (Å²) in [5.41, 5.74) is 6.27. The lowest BCUT2D eigenvalue weighted by atomic mass is 10.1. The number of rotatable bonds is 3. The van der Waals surface area contributed by atoms with Crippen molar-refractivity contribution in [3.8, 4) is 17.6 Å². The van der Waals surface area contributed by atoms with Gasteiger partial charge in [-0.25, -0.2) is 4.39 Å². The predicted molar refractivity (Wildman–Crippen MR) is 83.1 cm³/mol. The molecule has 2 N–H and O–H groups in total. The lowest BCUT2D eigenvalue weighted by Gasteiger charge is -2.08. The molecular weight excluding hydrogens is 312 g/mol. The Morgan fingerprint density at radius 3 is 2.43 bits per heavy atom. The first kappa shape index (κ1) is 15.7. The highest BCUT2D eigenvalue weighted by molar-refractivity contribution is 6.34. The molecule has 0 radical (unpaired) electrons. The molecule has 2 aromatic rings. The van der Waals surface area contributed by atoms with Gasteiger partial charge in [0.15, 0.2) is 0 Å². The van der Waals surface area contributed by atoms with Crippen LogP contribution in [0.2, 0.25) is 10.0 Å². The maximum absolute atomic E-state index is 13.9. The Morgan fingerprint density at radius 1 is 1.10 bits per heavy atom. The standard InChI is InChI=1S/C16H12Cl2FNO/c17-13-7-14(18)9-15(8-13)21-10-12-4-3-11(2-1-5-20)6-16(12)19/h3-4,6-9H,5,10,20H2. The van der Waals surface area contributed by atoms with Crippen LogP contribution in [0.15, 0.2) is 36.4 Å². The Balaban J connectivity index is 2.09. The Hall–Kier alpha value is -1.73. The molecule has 2 nitrogen and oxygen atoms in total. The van der Waals surface area contributed by atoms with E-state index in [0.717, 1.165) is 0 Å². The van der Waals surface area contributed by atoms with Gasteiger partial charge in [-0.05, 0) is 30.3 Å². The zero-order valence-electron chi connectivity index (χ0n) is 11.0. The highest BCUT2D eigenvalue weighted by atomic mass is 35.5. The summed E-state index contributed by atoms with van der Waals surface area (Å²) in [6, 6.07) is 9.53. The second-order valence-corrected chi connectivity index (χ2v) is 5.08. The number of hydrogen-bond acceptors (Lipinski definition) is 2. The third-order valence-electron chi connectivity index (χ3n) is 2.62. The van der Waals surface area contributed by atoms with Gasteiger partial charge in [-0.1, -0.05) is 41.1 Å². The maximum atomic E-state index is 13.9. The molecule has 2 rings (SSSR count). The molecule has 0 amide bonds. The van der Waals surface area contributed by atoms with Crippen molar-refractivity contribution in [2.24, 2.45) is 5.73 Å². The molecule has 2 aromatic carbocycles. The summed E-state index contributed by atoms with van der Waals surface area (Å²) in [5, 5.41) is 0.927. The summed E-state index contributed by atoms with van der Waals surface area (Å²) in [5.74, 6) is 5.55. The van der Waals surface area contributed by atoms with Crippen LogP contribution in [-0.4, -0.2) is 6.54 Å². The van der Waals surface area contributed by atoms with Crippen LogP contribution < -0.4 is 10.5 Å². The van der Waals surface area contributed by atoms with E-state index in [1.165, 1.54) is 6.07 Å². The summed E-state index contributed by atoms with van der Waals surface area (Å²) >= 11 is 11.7. The van der Waals surface area contributed by atoms with Crippen molar-refractivity contribution in [3.63, 3.8) is 0 Å². The second kappa shape index (κ2) is 7.33. The van der Waals surface area contributed by atoms with Crippen molar-refractivity contribution in [1.29, 1.82) is 0 Å². The first-order chi connectivity index (χ1) is 10.1. The smallest absolute Gasteiger partial charge is 0.131 e. The van der Waals surface area contributed by atoms with Crippen LogP contribution in [0, 0.1) is 17.7 Å². The molecule has 0 saturated heterocycles. The zero-order chi connectivity index (χ0) is 15.2. The molecule has 21 heavy (non-hydrogen) atoms. The van der Waals surface area contributed by atoms with E-state index in [4.69, 9.17) is 33.7 Å². The van der Waals surface area contributed by atoms with Gasteiger partial charge >= 0.3 is 0 Å². The molecule has 0 saturated carbocycles. The number of ether oxygens (including phenoxy) is 1. The average molecular weight is 324 g/mol. The third-order valence-corrected chi connectivity index (χ3v) is 3.05. The van der Waals surface area contributed by atoms with Crippen molar-refractivity contribution >= 4 is 23.2 Å². The summed E-state index contributed by atoms with van der Waals surface area (Å²) in [7, 11) is 0. The second-order valence-electron chi connectivity index (χ2n) is 4.21. The Morgan fingerprint density at radius 2 is 1.81 bits per heavy atom. The Bertz CT molecular complexity index is 687. The first-order valence-corrected chi connectivity index (χ1v) is 6.90. The largest absolute Gasteiger partial charge is 0.489 e. The molecule has 0 unspecified atom stereocenters. The zero-order valence-corrected chi connectivity index (χ0v) is 12.5. The van der Waals surface area contributed by atoms with Gasteiger partial charge in [0, 0.05) is 21.2 Å². The molecule has 0 atom stereocenters. The predicted octanol–water partition coefficient (Wildman–Crippen LogP) is 4.02. The van der Waals surface area contributed by atoms with Crippen molar-refractivity contribution in [3.05, 3.63) is 63.4 Å². The lowest BCUT2D eigenvalue weighted by Crippen LogP contribution is -1.99. The van der Waals surface area contributed by atoms with E-state index in [1.54, 1.807) is 30.3 Å². The molecule has 0 aliphatic carbocycles. The van der Waals surface area contributed by atoms with E-state index in [1.807, 2.05) is 0 Å². The van der Waals surface area contributed by atoms with Crippen LogP contribution >= 0.6 is 23.2 Å². The first-order valence-electron chi connectivity index (χ1n) is 6.15. The van der Waals surface area contributed by atoms with Gasteiger partial charge < -0.3 is 10.5 Å². The van der Waals surface area contributed by atoms with Crippen LogP contribution in [0.3, 0.4) is 0 Å². The molecule has 0 spiro atoms. The summed E-state index contributed by atoms with van der Waals surface area (Å²) < 4.78 is 19.4. The van der Waals surface area contributed by atoms with Crippen LogP contribution in [-0.2, 0) is 6.61 Å². The normalized spacial score (nSPS) is 9.90. The van der Waals surface area contributed by atoms with E-state index in [2.05, 4.69) is 11.8 Å². The molecule has 0 bridgehead atoms. The van der Waals surface area contributed by atoms with Crippen LogP contribution in [0.4, 0.5) is 4.39 Å². The van der Waals surface area contributed by atoms with E-state index >= 15 is 0 Å². The minimum absolute atomic E-state index is 0.0765. The fraction of sp³-hybridized carbons (Fsp3) is 0.125. The van der Waals surface area contributed by atoms with Gasteiger partial charge in [0.1, 0.15) is 18.2 Å². The fourth-order valence-corrected chi connectivity index (χ4v) is 2.17. The monoisotopic (exact) mass is 323 g/mol. The van der Waals surface area contributed by atoms with Gasteiger partial charge in [0.05, 0.1) is 6.54 Å². The van der Waals surface area contributed by atoms with Gasteiger partial charge in [-0.15, -0.1) is 0 Å². The Labute approximate surface area is 132 Å². The minimum Gasteiger partial charge on any atom is -0.489 e. The van der Waals surface area contributed by atoms with Crippen molar-refractivity contribution < 1.29 is 9.13 Å². The summed E-state index contributed by atoms with van der Waals surface area (Å²) in [6.45, 7) is 0.315. The quantitative estimate of drug-likeness (QED) is 0.866. The molecule has 0 heterocycles. The van der Waals surface area contributed by atoms with Crippen LogP contribution in [0.5, 0.6) is 5.75 Å². The highest BCUT2D eigenvalue weighted by Gasteiger charge is 2.05. The number of hydrogen-bond donors (Lipinski definition) is 1. The van der Waals surface area contributed by atoms with Crippen molar-refractivity contribution in [2.45, 2.75) is 6.61 Å². The van der Waals surface area contributed by atoms with Crippen molar-refractivity contribution in [2.75, 3.05) is 6.54 Å². The van der Waals surface area contributed by atoms with E-state index in [0.29, 0.717) is 26.9 Å². The number of halogens is 3. The number of benzene rings is 2. The summed E-state index contributed by atoms with van der Waals surface area (Å²) in [4.78, 5) is 0. The molecule has 108 valence electrons. The lowest BCUT2D eigenvalue weighted by molar-refractivity contribution is 0.300. The number of nitrogens with two attached hydrogens (primary N) is 1.